The fourth-order valence-corrected chi connectivity index (χ4v) is 3.87. The molecule has 13 heavy (non-hydrogen) atoms. The summed E-state index contributed by atoms with van der Waals surface area (Å²) >= 11 is 0. The third kappa shape index (κ3) is 0.671. The van der Waals surface area contributed by atoms with Crippen molar-refractivity contribution in [1.82, 2.24) is 0 Å². The molecule has 2 unspecified atom stereocenters. The van der Waals surface area contributed by atoms with Crippen LogP contribution in [0.25, 0.3) is 0 Å². The highest BCUT2D eigenvalue weighted by molar-refractivity contribution is 5.40. The van der Waals surface area contributed by atoms with Gasteiger partial charge in [0.25, 0.3) is 0 Å². The number of hydrogen-bond donors (Lipinski definition) is 0. The molecule has 2 atom stereocenters. The minimum absolute atomic E-state index is 0.466. The van der Waals surface area contributed by atoms with Crippen LogP contribution in [0.4, 0.5) is 0 Å². The summed E-state index contributed by atoms with van der Waals surface area (Å²) in [7, 11) is 0. The van der Waals surface area contributed by atoms with Crippen molar-refractivity contribution >= 4 is 0 Å². The molecule has 0 aromatic heterocycles. The first-order valence-corrected chi connectivity index (χ1v) is 5.46. The van der Waals surface area contributed by atoms with E-state index in [2.05, 4.69) is 41.5 Å². The predicted molar refractivity (Wildman–Crippen MR) is 57.6 cm³/mol. The van der Waals surface area contributed by atoms with Gasteiger partial charge in [0.2, 0.25) is 0 Å². The maximum absolute atomic E-state index is 2.46. The standard InChI is InChI=1S/C13H22/c1-9-10(2)13(6)8-7-12(9,5)11(13,3)4/h7-8H2,1-6H3. The van der Waals surface area contributed by atoms with E-state index in [1.54, 1.807) is 11.1 Å². The SMILES string of the molecule is CC1=C(C)C2(C)CCC1(C)C2(C)C. The van der Waals surface area contributed by atoms with E-state index in [9.17, 15) is 0 Å². The number of fused-ring (bicyclic) bond motifs is 2. The zero-order valence-electron chi connectivity index (χ0n) is 9.91. The van der Waals surface area contributed by atoms with E-state index in [4.69, 9.17) is 0 Å². The summed E-state index contributed by atoms with van der Waals surface area (Å²) in [6.07, 6.45) is 2.78. The molecule has 1 saturated carbocycles. The van der Waals surface area contributed by atoms with Crippen molar-refractivity contribution in [1.29, 1.82) is 0 Å². The molecular weight excluding hydrogens is 156 g/mol. The lowest BCUT2D eigenvalue weighted by molar-refractivity contribution is 0.109. The first kappa shape index (κ1) is 9.30. The van der Waals surface area contributed by atoms with Gasteiger partial charge in [-0.3, -0.25) is 0 Å². The van der Waals surface area contributed by atoms with E-state index < -0.39 is 0 Å². The van der Waals surface area contributed by atoms with Gasteiger partial charge in [0, 0.05) is 0 Å². The van der Waals surface area contributed by atoms with Crippen LogP contribution in [0.5, 0.6) is 0 Å². The van der Waals surface area contributed by atoms with Gasteiger partial charge in [-0.05, 0) is 42.9 Å². The predicted octanol–water partition coefficient (Wildman–Crippen LogP) is 4.17. The summed E-state index contributed by atoms with van der Waals surface area (Å²) in [5.41, 5.74) is 4.77. The van der Waals surface area contributed by atoms with E-state index in [1.807, 2.05) is 0 Å². The van der Waals surface area contributed by atoms with Gasteiger partial charge in [0.1, 0.15) is 0 Å². The van der Waals surface area contributed by atoms with E-state index >= 15 is 0 Å². The fraction of sp³-hybridized carbons (Fsp3) is 0.846. The Labute approximate surface area is 82.4 Å². The first-order valence-electron chi connectivity index (χ1n) is 5.46. The molecule has 0 amide bonds. The van der Waals surface area contributed by atoms with Crippen molar-refractivity contribution in [2.75, 3.05) is 0 Å². The van der Waals surface area contributed by atoms with Crippen LogP contribution in [-0.2, 0) is 0 Å². The zero-order valence-corrected chi connectivity index (χ0v) is 9.91. The van der Waals surface area contributed by atoms with Crippen LogP contribution in [0.1, 0.15) is 54.4 Å². The van der Waals surface area contributed by atoms with Gasteiger partial charge in [0.05, 0.1) is 0 Å². The van der Waals surface area contributed by atoms with Crippen LogP contribution in [0.3, 0.4) is 0 Å². The van der Waals surface area contributed by atoms with Crippen molar-refractivity contribution in [3.05, 3.63) is 11.1 Å². The van der Waals surface area contributed by atoms with Crippen LogP contribution in [-0.4, -0.2) is 0 Å². The molecule has 0 heterocycles. The van der Waals surface area contributed by atoms with Crippen LogP contribution in [0, 0.1) is 16.2 Å². The smallest absolute Gasteiger partial charge is 0.00566 e. The highest BCUT2D eigenvalue weighted by Gasteiger charge is 2.64. The molecule has 2 aliphatic carbocycles. The van der Waals surface area contributed by atoms with Crippen molar-refractivity contribution in [3.63, 3.8) is 0 Å². The molecule has 0 aromatic carbocycles. The van der Waals surface area contributed by atoms with Gasteiger partial charge < -0.3 is 0 Å². The monoisotopic (exact) mass is 178 g/mol. The summed E-state index contributed by atoms with van der Waals surface area (Å²) < 4.78 is 0. The first-order chi connectivity index (χ1) is 5.77. The Hall–Kier alpha value is -0.260. The second kappa shape index (κ2) is 2.04. The number of allylic oxidation sites excluding steroid dienone is 2. The van der Waals surface area contributed by atoms with Crippen LogP contribution >= 0.6 is 0 Å². The Morgan fingerprint density at radius 1 is 0.769 bits per heavy atom. The maximum atomic E-state index is 2.46. The Morgan fingerprint density at radius 3 is 1.23 bits per heavy atom. The van der Waals surface area contributed by atoms with Crippen LogP contribution in [0.2, 0.25) is 0 Å². The molecule has 2 aliphatic rings. The van der Waals surface area contributed by atoms with Gasteiger partial charge in [-0.2, -0.15) is 0 Å². The highest BCUT2D eigenvalue weighted by atomic mass is 14.7. The fourth-order valence-electron chi connectivity index (χ4n) is 3.87. The number of hydrogen-bond acceptors (Lipinski definition) is 0. The van der Waals surface area contributed by atoms with E-state index in [0.29, 0.717) is 16.2 Å². The summed E-state index contributed by atoms with van der Waals surface area (Å²) in [5.74, 6) is 0. The third-order valence-electron chi connectivity index (χ3n) is 6.10. The lowest BCUT2D eigenvalue weighted by Gasteiger charge is -2.41. The Bertz CT molecular complexity index is 267. The van der Waals surface area contributed by atoms with Crippen molar-refractivity contribution in [2.45, 2.75) is 54.4 Å². The third-order valence-corrected chi connectivity index (χ3v) is 6.10. The zero-order chi connectivity index (χ0) is 10.1. The topological polar surface area (TPSA) is 0 Å². The Morgan fingerprint density at radius 2 is 1.08 bits per heavy atom. The van der Waals surface area contributed by atoms with E-state index in [1.165, 1.54) is 12.8 Å². The average molecular weight is 178 g/mol. The van der Waals surface area contributed by atoms with Crippen molar-refractivity contribution < 1.29 is 0 Å². The molecule has 0 nitrogen and oxygen atoms in total. The highest BCUT2D eigenvalue weighted by Crippen LogP contribution is 2.73. The number of rotatable bonds is 0. The molecule has 0 saturated heterocycles. The van der Waals surface area contributed by atoms with E-state index in [0.717, 1.165) is 0 Å². The summed E-state index contributed by atoms with van der Waals surface area (Å²) in [6, 6.07) is 0. The Balaban J connectivity index is 2.67. The Kier molecular flexibility index (Phi) is 1.46. The average Bonchev–Trinajstić information content (AvgIpc) is 2.28. The normalized spacial score (nSPS) is 47.5. The van der Waals surface area contributed by atoms with Gasteiger partial charge in [0.15, 0.2) is 0 Å². The molecule has 0 N–H and O–H groups in total. The minimum Gasteiger partial charge on any atom is -0.0673 e. The second-order valence-corrected chi connectivity index (χ2v) is 6.04. The largest absolute Gasteiger partial charge is 0.0673 e. The molecule has 74 valence electrons. The van der Waals surface area contributed by atoms with Crippen molar-refractivity contribution in [2.24, 2.45) is 16.2 Å². The molecular formula is C13H22. The quantitative estimate of drug-likeness (QED) is 0.488. The molecule has 2 rings (SSSR count). The molecule has 1 fully saturated rings. The minimum atomic E-state index is 0.466. The molecule has 0 aromatic rings. The second-order valence-electron chi connectivity index (χ2n) is 6.04. The maximum Gasteiger partial charge on any atom is -0.00566 e. The van der Waals surface area contributed by atoms with Gasteiger partial charge in [-0.25, -0.2) is 0 Å². The molecule has 0 aliphatic heterocycles. The van der Waals surface area contributed by atoms with Gasteiger partial charge in [-0.15, -0.1) is 0 Å². The lowest BCUT2D eigenvalue weighted by Crippen LogP contribution is -2.34. The molecule has 2 bridgehead atoms. The lowest BCUT2D eigenvalue weighted by atomic mass is 9.63. The summed E-state index contributed by atoms with van der Waals surface area (Å²) in [6.45, 7) is 14.5. The molecule has 0 heteroatoms. The van der Waals surface area contributed by atoms with Crippen LogP contribution in [0.15, 0.2) is 11.1 Å². The van der Waals surface area contributed by atoms with E-state index in [-0.39, 0.29) is 0 Å². The van der Waals surface area contributed by atoms with Crippen molar-refractivity contribution in [3.8, 4) is 0 Å². The summed E-state index contributed by atoms with van der Waals surface area (Å²) in [4.78, 5) is 0. The van der Waals surface area contributed by atoms with Gasteiger partial charge in [-0.1, -0.05) is 38.8 Å². The molecule has 0 radical (unpaired) electrons. The summed E-state index contributed by atoms with van der Waals surface area (Å²) in [5, 5.41) is 0. The van der Waals surface area contributed by atoms with Gasteiger partial charge >= 0.3 is 0 Å². The van der Waals surface area contributed by atoms with Crippen LogP contribution < -0.4 is 0 Å². The molecule has 0 spiro atoms.